The Labute approximate surface area is 635 Å². The lowest BCUT2D eigenvalue weighted by Crippen LogP contribution is -2.64. The third kappa shape index (κ3) is 39.1. The molecular weight excluding hydrogens is 1440 g/mol. The number of hydrogen-bond acceptors (Lipinski definition) is 29. The Morgan fingerprint density at radius 1 is 0.330 bits per heavy atom. The van der Waals surface area contributed by atoms with E-state index in [1.165, 1.54) is 20.8 Å². The Balaban J connectivity index is 1.53. The second kappa shape index (κ2) is 53.6. The van der Waals surface area contributed by atoms with Crippen LogP contribution in [0, 0.1) is 5.41 Å². The van der Waals surface area contributed by atoms with Gasteiger partial charge in [-0.2, -0.15) is 0 Å². The van der Waals surface area contributed by atoms with Gasteiger partial charge < -0.3 is 142 Å². The van der Waals surface area contributed by atoms with E-state index in [-0.39, 0.29) is 180 Å². The molecule has 3 saturated heterocycles. The van der Waals surface area contributed by atoms with Crippen LogP contribution >= 0.6 is 0 Å². The zero-order valence-corrected chi connectivity index (χ0v) is 63.8. The molecule has 3 aliphatic heterocycles. The van der Waals surface area contributed by atoms with Gasteiger partial charge in [0.1, 0.15) is 84.4 Å². The van der Waals surface area contributed by atoms with Gasteiger partial charge >= 0.3 is 0 Å². The van der Waals surface area contributed by atoms with Crippen molar-refractivity contribution in [2.45, 2.75) is 255 Å². The number of rotatable bonds is 56. The van der Waals surface area contributed by atoms with Gasteiger partial charge in [0.15, 0.2) is 18.9 Å². The number of hydrogen-bond donors (Lipinski definition) is 19. The highest BCUT2D eigenvalue weighted by Crippen LogP contribution is 2.26. The maximum Gasteiger partial charge on any atom is 0.222 e. The molecule has 0 radical (unpaired) electrons. The third-order valence-corrected chi connectivity index (χ3v) is 17.6. The van der Waals surface area contributed by atoms with Gasteiger partial charge in [0.25, 0.3) is 0 Å². The first-order valence-electron chi connectivity index (χ1n) is 37.6. The van der Waals surface area contributed by atoms with Crippen molar-refractivity contribution < 1.29 is 141 Å². The first kappa shape index (κ1) is 96.8. The molecule has 0 bridgehead atoms. The van der Waals surface area contributed by atoms with Gasteiger partial charge in [-0.15, -0.1) is 0 Å². The fourth-order valence-electron chi connectivity index (χ4n) is 11.4. The summed E-state index contributed by atoms with van der Waals surface area (Å²) in [6.45, 7) is 7.39. The van der Waals surface area contributed by atoms with Crippen LogP contribution in [-0.4, -0.2) is 327 Å². The Morgan fingerprint density at radius 3 is 0.853 bits per heavy atom. The number of aliphatic hydroxyl groups excluding tert-OH is 9. The molecule has 3 fully saturated rings. The van der Waals surface area contributed by atoms with Crippen LogP contribution in [0.3, 0.4) is 0 Å². The number of Topliss-reactive ketones (excluding diaryl/α,β-unsaturated/α-hetero) is 1. The summed E-state index contributed by atoms with van der Waals surface area (Å²) in [5, 5.41) is 118. The molecule has 0 aromatic carbocycles. The quantitative estimate of drug-likeness (QED) is 0.0252. The van der Waals surface area contributed by atoms with Crippen LogP contribution in [0.25, 0.3) is 0 Å². The summed E-state index contributed by atoms with van der Waals surface area (Å²) in [5.74, 6) is -3.99. The van der Waals surface area contributed by atoms with Crippen molar-refractivity contribution in [1.29, 1.82) is 0 Å². The Morgan fingerprint density at radius 2 is 0.596 bits per heavy atom. The minimum atomic E-state index is -1.48. The molecule has 3 aliphatic rings. The van der Waals surface area contributed by atoms with E-state index in [0.717, 1.165) is 0 Å². The summed E-state index contributed by atoms with van der Waals surface area (Å²) < 4.78 is 51.9. The summed E-state index contributed by atoms with van der Waals surface area (Å²) in [5.41, 5.74) is -2.13. The lowest BCUT2D eigenvalue weighted by atomic mass is 9.88. The van der Waals surface area contributed by atoms with Gasteiger partial charge in [0.05, 0.1) is 59.5 Å². The molecule has 39 nitrogen and oxygen atoms in total. The van der Waals surface area contributed by atoms with E-state index in [1.54, 1.807) is 20.8 Å². The smallest absolute Gasteiger partial charge is 0.222 e. The topological polar surface area (TPSA) is 573 Å². The Bertz CT molecular complexity index is 2500. The van der Waals surface area contributed by atoms with Gasteiger partial charge in [-0.1, -0.05) is 20.8 Å². The van der Waals surface area contributed by atoms with Crippen LogP contribution in [-0.2, 0) is 95.4 Å². The van der Waals surface area contributed by atoms with Crippen LogP contribution < -0.4 is 53.2 Å². The van der Waals surface area contributed by atoms with Gasteiger partial charge in [-0.3, -0.25) is 52.7 Å². The zero-order valence-electron chi connectivity index (χ0n) is 63.8. The van der Waals surface area contributed by atoms with Crippen molar-refractivity contribution >= 4 is 64.9 Å². The van der Waals surface area contributed by atoms with E-state index in [0.29, 0.717) is 57.8 Å². The summed E-state index contributed by atoms with van der Waals surface area (Å²) in [6, 6.07) is -3.29. The SMILES string of the molecule is CC(=O)NC1C(OCCCCC(=O)NCCCNC(=O)CCOCC(COCCC(=O)NCCCNC(=O)CCCCOC2OC(CO)C(O)C(O)C2NC(C)=O)(COCCC(=O)NCCCNC(=O)CCCCOC2OC(CO)C(O)C(O)C2NC(C)=O)NC(=O)CCCC(=O)C(C)(C)C)OC(CO)C(O)C1O. The molecule has 0 saturated carbocycles. The number of carbonyl (C=O) groups is 11. The predicted molar refractivity (Wildman–Crippen MR) is 383 cm³/mol. The second-order valence-electron chi connectivity index (χ2n) is 28.2. The highest BCUT2D eigenvalue weighted by molar-refractivity contribution is 5.84. The molecule has 15 unspecified atom stereocenters. The number of ketones is 1. The zero-order chi connectivity index (χ0) is 80.9. The van der Waals surface area contributed by atoms with E-state index in [9.17, 15) is 98.7 Å². The van der Waals surface area contributed by atoms with Crippen molar-refractivity contribution in [3.8, 4) is 0 Å². The number of ether oxygens (including phenoxy) is 9. The van der Waals surface area contributed by atoms with E-state index in [4.69, 9.17) is 42.6 Å². The molecule has 10 amide bonds. The summed E-state index contributed by atoms with van der Waals surface area (Å²) in [6.07, 6.45) is -11.9. The maximum absolute atomic E-state index is 13.8. The van der Waals surface area contributed by atoms with Crippen molar-refractivity contribution in [2.24, 2.45) is 5.41 Å². The molecule has 19 N–H and O–H groups in total. The van der Waals surface area contributed by atoms with Crippen molar-refractivity contribution in [1.82, 2.24) is 53.2 Å². The average Bonchev–Trinajstić information content (AvgIpc) is 0.822. The van der Waals surface area contributed by atoms with Crippen molar-refractivity contribution in [3.63, 3.8) is 0 Å². The van der Waals surface area contributed by atoms with Crippen LogP contribution in [0.5, 0.6) is 0 Å². The fraction of sp³-hybridized carbons (Fsp3) is 0.843. The highest BCUT2D eigenvalue weighted by Gasteiger charge is 2.48. The minimum Gasteiger partial charge on any atom is -0.394 e. The largest absolute Gasteiger partial charge is 0.394 e. The Hall–Kier alpha value is -6.35. The molecule has 0 aliphatic carbocycles. The summed E-state index contributed by atoms with van der Waals surface area (Å²) >= 11 is 0. The predicted octanol–water partition coefficient (Wildman–Crippen LogP) is -5.89. The maximum atomic E-state index is 13.8. The lowest BCUT2D eigenvalue weighted by molar-refractivity contribution is -0.270. The molecular formula is C70H124N10O29. The monoisotopic (exact) mass is 1570 g/mol. The summed E-state index contributed by atoms with van der Waals surface area (Å²) in [7, 11) is 0. The normalized spacial score (nSPS) is 24.6. The van der Waals surface area contributed by atoms with E-state index < -0.39 is 164 Å². The van der Waals surface area contributed by atoms with Crippen molar-refractivity contribution in [2.75, 3.05) is 119 Å². The van der Waals surface area contributed by atoms with Crippen LogP contribution in [0.2, 0.25) is 0 Å². The van der Waals surface area contributed by atoms with Gasteiger partial charge in [0, 0.05) is 137 Å². The van der Waals surface area contributed by atoms with E-state index >= 15 is 0 Å². The Kier molecular flexibility index (Phi) is 47.6. The molecule has 0 spiro atoms. The second-order valence-corrected chi connectivity index (χ2v) is 28.2. The standard InChI is InChI=1S/C70H124N10O29/c1-43(84)77-57-63(98)60(95)46(37-81)107-66(57)104-31-10-7-18-50(88)71-25-14-28-74-53(91)22-34-101-40-70(80-56(94)21-13-17-49(87)69(4,5)6,41-102-35-23-54(92)75-29-15-26-72-51(89)19-8-11-32-105-67-58(78-44(2)85)64(99)61(96)47(38-82)108-67)42-103-36-24-55(93)76-30-16-27-73-52(90)20-9-12-33-106-68-59(79-45(3)86)65(100)62(97)48(39-83)109-68/h46-48,57-68,81-83,95-100H,7-42H2,1-6H3,(H,71,88)(H,72,89)(H,73,90)(H,74,91)(H,75,92)(H,76,93)(H,77,84)(H,78,85)(H,79,86)(H,80,94). The van der Waals surface area contributed by atoms with E-state index in [2.05, 4.69) is 53.2 Å². The molecule has 15 atom stereocenters. The number of aliphatic hydroxyl groups is 9. The molecule has 0 aromatic heterocycles. The fourth-order valence-corrected chi connectivity index (χ4v) is 11.4. The molecule has 0 aromatic rings. The molecule has 109 heavy (non-hydrogen) atoms. The molecule has 628 valence electrons. The molecule has 39 heteroatoms. The van der Waals surface area contributed by atoms with Crippen LogP contribution in [0.4, 0.5) is 0 Å². The summed E-state index contributed by atoms with van der Waals surface area (Å²) in [4.78, 5) is 139. The number of carbonyl (C=O) groups excluding carboxylic acids is 11. The van der Waals surface area contributed by atoms with Crippen LogP contribution in [0.15, 0.2) is 0 Å². The first-order valence-corrected chi connectivity index (χ1v) is 37.6. The van der Waals surface area contributed by atoms with Crippen molar-refractivity contribution in [3.05, 3.63) is 0 Å². The molecule has 3 heterocycles. The first-order chi connectivity index (χ1) is 51.8. The highest BCUT2D eigenvalue weighted by atomic mass is 16.7. The average molecular weight is 1570 g/mol. The van der Waals surface area contributed by atoms with Crippen LogP contribution in [0.1, 0.15) is 157 Å². The minimum absolute atomic E-state index is 0.0549. The lowest BCUT2D eigenvalue weighted by Gasteiger charge is -2.42. The van der Waals surface area contributed by atoms with Gasteiger partial charge in [-0.25, -0.2) is 0 Å². The number of unbranched alkanes of at least 4 members (excludes halogenated alkanes) is 3. The van der Waals surface area contributed by atoms with Gasteiger partial charge in [-0.05, 0) is 64.2 Å². The number of nitrogens with one attached hydrogen (secondary N) is 10. The third-order valence-electron chi connectivity index (χ3n) is 17.6. The van der Waals surface area contributed by atoms with E-state index in [1.807, 2.05) is 0 Å². The molecule has 3 rings (SSSR count). The van der Waals surface area contributed by atoms with Gasteiger partial charge in [0.2, 0.25) is 59.1 Å². The number of amides is 10.